The average molecular weight is 187 g/mol. The maximum atomic E-state index is 4.64. The minimum absolute atomic E-state index is 0.946. The Balaban J connectivity index is 2.38. The highest BCUT2D eigenvalue weighted by Crippen LogP contribution is 2.17. The summed E-state index contributed by atoms with van der Waals surface area (Å²) in [6.07, 6.45) is 1.05. The van der Waals surface area contributed by atoms with Gasteiger partial charge in [0.05, 0.1) is 11.4 Å². The summed E-state index contributed by atoms with van der Waals surface area (Å²) in [5, 5.41) is 3.39. The van der Waals surface area contributed by atoms with E-state index in [1.54, 1.807) is 0 Å². The van der Waals surface area contributed by atoms with Crippen molar-refractivity contribution < 1.29 is 0 Å². The fraction of sp³-hybridized carbons (Fsp3) is 0.364. The lowest BCUT2D eigenvalue weighted by Crippen LogP contribution is -2.24. The molecule has 0 atom stereocenters. The minimum atomic E-state index is 0.946. The van der Waals surface area contributed by atoms with Crippen LogP contribution < -0.4 is 5.32 Å². The first-order valence-electron chi connectivity index (χ1n) is 5.03. The maximum absolute atomic E-state index is 4.64. The Morgan fingerprint density at radius 1 is 1.43 bits per heavy atom. The van der Waals surface area contributed by atoms with Crippen LogP contribution in [0, 0.1) is 6.92 Å². The van der Waals surface area contributed by atoms with Crippen molar-refractivity contribution in [3.05, 3.63) is 35.3 Å². The van der Waals surface area contributed by atoms with E-state index in [0.29, 0.717) is 0 Å². The molecule has 1 aliphatic heterocycles. The number of nitrogens with one attached hydrogen (secondary N) is 1. The maximum Gasteiger partial charge on any atom is 0.137 e. The Morgan fingerprint density at radius 2 is 2.36 bits per heavy atom. The summed E-state index contributed by atoms with van der Waals surface area (Å²) in [6.45, 7) is 4.13. The molecule has 3 rings (SSSR count). The zero-order valence-electron chi connectivity index (χ0n) is 8.25. The summed E-state index contributed by atoms with van der Waals surface area (Å²) in [5.74, 6) is 0. The summed E-state index contributed by atoms with van der Waals surface area (Å²) < 4.78 is 2.25. The van der Waals surface area contributed by atoms with Gasteiger partial charge in [0, 0.05) is 25.2 Å². The van der Waals surface area contributed by atoms with Crippen LogP contribution in [0.2, 0.25) is 0 Å². The average Bonchev–Trinajstić information content (AvgIpc) is 2.57. The molecule has 0 fully saturated rings. The Hall–Kier alpha value is -1.35. The highest BCUT2D eigenvalue weighted by molar-refractivity contribution is 5.45. The molecule has 1 N–H and O–H groups in total. The normalized spacial score (nSPS) is 15.8. The van der Waals surface area contributed by atoms with Gasteiger partial charge in [-0.2, -0.15) is 0 Å². The van der Waals surface area contributed by atoms with Crippen LogP contribution in [0.25, 0.3) is 5.65 Å². The van der Waals surface area contributed by atoms with Crippen LogP contribution in [0.1, 0.15) is 17.1 Å². The van der Waals surface area contributed by atoms with Crippen molar-refractivity contribution in [2.24, 2.45) is 0 Å². The van der Waals surface area contributed by atoms with E-state index < -0.39 is 0 Å². The lowest BCUT2D eigenvalue weighted by molar-refractivity contribution is 0.619. The first kappa shape index (κ1) is 8.00. The molecule has 2 aromatic heterocycles. The van der Waals surface area contributed by atoms with Crippen molar-refractivity contribution in [3.63, 3.8) is 0 Å². The van der Waals surface area contributed by atoms with E-state index in [2.05, 4.69) is 39.8 Å². The summed E-state index contributed by atoms with van der Waals surface area (Å²) in [4.78, 5) is 4.64. The van der Waals surface area contributed by atoms with Crippen molar-refractivity contribution in [1.29, 1.82) is 0 Å². The highest BCUT2D eigenvalue weighted by atomic mass is 15.1. The van der Waals surface area contributed by atoms with Gasteiger partial charge in [-0.15, -0.1) is 0 Å². The standard InChI is InChI=1S/C11H13N3/c1-8-3-2-4-11-13-9-5-6-12-7-10(9)14(8)11/h2-4,12H,5-7H2,1H3. The van der Waals surface area contributed by atoms with Crippen molar-refractivity contribution >= 4 is 5.65 Å². The number of imidazole rings is 1. The van der Waals surface area contributed by atoms with Crippen LogP contribution in [-0.2, 0) is 13.0 Å². The lowest BCUT2D eigenvalue weighted by Gasteiger charge is -2.13. The van der Waals surface area contributed by atoms with Gasteiger partial charge in [-0.3, -0.25) is 4.40 Å². The number of pyridine rings is 1. The third kappa shape index (κ3) is 0.990. The van der Waals surface area contributed by atoms with Crippen molar-refractivity contribution in [3.8, 4) is 0 Å². The van der Waals surface area contributed by atoms with Gasteiger partial charge in [-0.05, 0) is 19.1 Å². The van der Waals surface area contributed by atoms with Gasteiger partial charge < -0.3 is 5.32 Å². The zero-order chi connectivity index (χ0) is 9.54. The molecule has 0 unspecified atom stereocenters. The van der Waals surface area contributed by atoms with Crippen LogP contribution in [0.15, 0.2) is 18.2 Å². The Kier molecular flexibility index (Phi) is 1.61. The van der Waals surface area contributed by atoms with Gasteiger partial charge >= 0.3 is 0 Å². The minimum Gasteiger partial charge on any atom is -0.311 e. The fourth-order valence-corrected chi connectivity index (χ4v) is 2.17. The van der Waals surface area contributed by atoms with Gasteiger partial charge in [0.1, 0.15) is 5.65 Å². The molecule has 72 valence electrons. The number of aryl methyl sites for hydroxylation is 1. The van der Waals surface area contributed by atoms with E-state index >= 15 is 0 Å². The number of aromatic nitrogens is 2. The molecule has 1 aliphatic rings. The van der Waals surface area contributed by atoms with Crippen molar-refractivity contribution in [2.75, 3.05) is 6.54 Å². The molecular weight excluding hydrogens is 174 g/mol. The number of nitrogens with zero attached hydrogens (tertiary/aromatic N) is 2. The summed E-state index contributed by atoms with van der Waals surface area (Å²) in [6, 6.07) is 6.27. The van der Waals surface area contributed by atoms with Crippen LogP contribution in [-0.4, -0.2) is 15.9 Å². The molecule has 0 amide bonds. The predicted octanol–water partition coefficient (Wildman–Crippen LogP) is 1.29. The molecular formula is C11H13N3. The van der Waals surface area contributed by atoms with E-state index in [1.165, 1.54) is 17.1 Å². The lowest BCUT2D eigenvalue weighted by atomic mass is 10.2. The third-order valence-corrected chi connectivity index (χ3v) is 2.85. The van der Waals surface area contributed by atoms with E-state index in [1.807, 2.05) is 0 Å². The second-order valence-corrected chi connectivity index (χ2v) is 3.79. The zero-order valence-corrected chi connectivity index (χ0v) is 8.25. The van der Waals surface area contributed by atoms with E-state index in [4.69, 9.17) is 0 Å². The molecule has 0 aromatic carbocycles. The quantitative estimate of drug-likeness (QED) is 0.673. The van der Waals surface area contributed by atoms with Crippen LogP contribution >= 0.6 is 0 Å². The third-order valence-electron chi connectivity index (χ3n) is 2.85. The first-order valence-corrected chi connectivity index (χ1v) is 5.03. The molecule has 0 aliphatic carbocycles. The van der Waals surface area contributed by atoms with E-state index in [0.717, 1.165) is 25.2 Å². The Morgan fingerprint density at radius 3 is 3.29 bits per heavy atom. The van der Waals surface area contributed by atoms with Gasteiger partial charge in [-0.25, -0.2) is 4.98 Å². The Labute approximate surface area is 82.8 Å². The van der Waals surface area contributed by atoms with Crippen LogP contribution in [0.3, 0.4) is 0 Å². The van der Waals surface area contributed by atoms with Gasteiger partial charge in [-0.1, -0.05) is 6.07 Å². The first-order chi connectivity index (χ1) is 6.86. The summed E-state index contributed by atoms with van der Waals surface area (Å²) >= 11 is 0. The molecule has 3 heterocycles. The topological polar surface area (TPSA) is 29.3 Å². The van der Waals surface area contributed by atoms with E-state index in [-0.39, 0.29) is 0 Å². The van der Waals surface area contributed by atoms with E-state index in [9.17, 15) is 0 Å². The largest absolute Gasteiger partial charge is 0.311 e. The molecule has 14 heavy (non-hydrogen) atoms. The molecule has 3 nitrogen and oxygen atoms in total. The Bertz CT molecular complexity index is 484. The van der Waals surface area contributed by atoms with Gasteiger partial charge in [0.2, 0.25) is 0 Å². The predicted molar refractivity (Wildman–Crippen MR) is 55.3 cm³/mol. The smallest absolute Gasteiger partial charge is 0.137 e. The summed E-state index contributed by atoms with van der Waals surface area (Å²) in [7, 11) is 0. The molecule has 0 saturated carbocycles. The molecule has 0 spiro atoms. The fourth-order valence-electron chi connectivity index (χ4n) is 2.17. The number of hydrogen-bond acceptors (Lipinski definition) is 2. The van der Waals surface area contributed by atoms with Crippen LogP contribution in [0.4, 0.5) is 0 Å². The summed E-state index contributed by atoms with van der Waals surface area (Å²) in [5.41, 5.74) is 4.95. The second kappa shape index (κ2) is 2.82. The molecule has 0 radical (unpaired) electrons. The second-order valence-electron chi connectivity index (χ2n) is 3.79. The number of fused-ring (bicyclic) bond motifs is 3. The number of hydrogen-bond donors (Lipinski definition) is 1. The van der Waals surface area contributed by atoms with Crippen molar-refractivity contribution in [2.45, 2.75) is 19.9 Å². The van der Waals surface area contributed by atoms with Gasteiger partial charge in [0.15, 0.2) is 0 Å². The number of rotatable bonds is 0. The van der Waals surface area contributed by atoms with Crippen molar-refractivity contribution in [1.82, 2.24) is 14.7 Å². The van der Waals surface area contributed by atoms with Gasteiger partial charge in [0.25, 0.3) is 0 Å². The monoisotopic (exact) mass is 187 g/mol. The van der Waals surface area contributed by atoms with Crippen LogP contribution in [0.5, 0.6) is 0 Å². The SMILES string of the molecule is Cc1cccc2nc3c(n12)CNCC3. The molecule has 0 bridgehead atoms. The molecule has 3 heteroatoms. The molecule has 2 aromatic rings. The highest BCUT2D eigenvalue weighted by Gasteiger charge is 2.15. The molecule has 0 saturated heterocycles.